The lowest BCUT2D eigenvalue weighted by molar-refractivity contribution is -0.123. The van der Waals surface area contributed by atoms with E-state index in [-0.39, 0.29) is 18.0 Å². The fraction of sp³-hybridized carbons (Fsp3) is 0.588. The number of nitrogens with one attached hydrogen (secondary N) is 2. The fourth-order valence-electron chi connectivity index (χ4n) is 3.08. The third kappa shape index (κ3) is 3.84. The summed E-state index contributed by atoms with van der Waals surface area (Å²) in [5.41, 5.74) is 0. The second-order valence-corrected chi connectivity index (χ2v) is 7.69. The number of amides is 1. The van der Waals surface area contributed by atoms with Crippen molar-refractivity contribution < 1.29 is 4.79 Å². The van der Waals surface area contributed by atoms with Gasteiger partial charge in [-0.3, -0.25) is 4.79 Å². The van der Waals surface area contributed by atoms with E-state index in [4.69, 9.17) is 0 Å². The number of hydrogen-bond donors (Lipinski definition) is 2. The number of fused-ring (bicyclic) bond motifs is 1. The molecule has 0 fully saturated rings. The molecule has 0 radical (unpaired) electrons. The Labute approximate surface area is 146 Å². The van der Waals surface area contributed by atoms with Crippen molar-refractivity contribution in [2.75, 3.05) is 0 Å². The lowest BCUT2D eigenvalue weighted by Crippen LogP contribution is -2.49. The maximum Gasteiger partial charge on any atom is 0.237 e. The summed E-state index contributed by atoms with van der Waals surface area (Å²) in [6.45, 7) is 7.62. The summed E-state index contributed by atoms with van der Waals surface area (Å²) in [5.74, 6) is 2.50. The minimum atomic E-state index is -0.213. The minimum Gasteiger partial charge on any atom is -0.350 e. The lowest BCUT2D eigenvalue weighted by Gasteiger charge is -2.28. The zero-order valence-corrected chi connectivity index (χ0v) is 15.3. The molecule has 2 aromatic heterocycles. The Kier molecular flexibility index (Phi) is 5.30. The van der Waals surface area contributed by atoms with Crippen LogP contribution in [0, 0.1) is 0 Å². The molecule has 2 atom stereocenters. The van der Waals surface area contributed by atoms with Crippen LogP contribution in [0.3, 0.4) is 0 Å². The van der Waals surface area contributed by atoms with Gasteiger partial charge in [0.2, 0.25) is 5.91 Å². The predicted molar refractivity (Wildman–Crippen MR) is 95.0 cm³/mol. The van der Waals surface area contributed by atoms with Gasteiger partial charge in [0.1, 0.15) is 11.6 Å². The highest BCUT2D eigenvalue weighted by atomic mass is 32.1. The molecule has 0 saturated heterocycles. The predicted octanol–water partition coefficient (Wildman–Crippen LogP) is 2.07. The third-order valence-corrected chi connectivity index (χ3v) is 5.26. The maximum atomic E-state index is 12.3. The highest BCUT2D eigenvalue weighted by Gasteiger charge is 2.26. The van der Waals surface area contributed by atoms with Crippen molar-refractivity contribution in [1.82, 2.24) is 25.4 Å². The first kappa shape index (κ1) is 17.1. The summed E-state index contributed by atoms with van der Waals surface area (Å²) in [6, 6.07) is 4.09. The Balaban J connectivity index is 1.54. The van der Waals surface area contributed by atoms with E-state index in [1.807, 2.05) is 24.4 Å². The number of nitrogens with zero attached hydrogens (tertiary/aromatic N) is 3. The minimum absolute atomic E-state index is 0.0436. The van der Waals surface area contributed by atoms with Crippen molar-refractivity contribution in [3.63, 3.8) is 0 Å². The number of rotatable bonds is 6. The molecule has 1 aliphatic heterocycles. The Morgan fingerprint density at radius 1 is 1.42 bits per heavy atom. The van der Waals surface area contributed by atoms with Crippen molar-refractivity contribution in [3.05, 3.63) is 34.0 Å². The van der Waals surface area contributed by atoms with Gasteiger partial charge in [-0.05, 0) is 24.8 Å². The summed E-state index contributed by atoms with van der Waals surface area (Å²) in [7, 11) is 0. The van der Waals surface area contributed by atoms with Crippen molar-refractivity contribution in [1.29, 1.82) is 0 Å². The number of carbonyl (C=O) groups is 1. The molecule has 0 bridgehead atoms. The van der Waals surface area contributed by atoms with Gasteiger partial charge in [0.05, 0.1) is 12.6 Å². The van der Waals surface area contributed by atoms with Crippen LogP contribution in [0.1, 0.15) is 49.6 Å². The van der Waals surface area contributed by atoms with Crippen LogP contribution in [-0.4, -0.2) is 32.8 Å². The van der Waals surface area contributed by atoms with Gasteiger partial charge < -0.3 is 15.2 Å². The van der Waals surface area contributed by atoms with Crippen molar-refractivity contribution in [2.24, 2.45) is 0 Å². The van der Waals surface area contributed by atoms with Crippen LogP contribution in [0.2, 0.25) is 0 Å². The van der Waals surface area contributed by atoms with Crippen molar-refractivity contribution in [3.8, 4) is 0 Å². The summed E-state index contributed by atoms with van der Waals surface area (Å²) in [4.78, 5) is 13.5. The largest absolute Gasteiger partial charge is 0.350 e. The highest BCUT2D eigenvalue weighted by Crippen LogP contribution is 2.20. The number of aryl methyl sites for hydroxylation is 1. The fourth-order valence-corrected chi connectivity index (χ4v) is 3.73. The first-order chi connectivity index (χ1) is 11.5. The van der Waals surface area contributed by atoms with Crippen LogP contribution in [-0.2, 0) is 24.3 Å². The average molecular weight is 347 g/mol. The van der Waals surface area contributed by atoms with E-state index in [1.165, 1.54) is 4.88 Å². The molecule has 2 N–H and O–H groups in total. The molecule has 3 rings (SSSR count). The molecule has 0 aromatic carbocycles. The van der Waals surface area contributed by atoms with E-state index < -0.39 is 0 Å². The SMILES string of the molecule is CC(C)c1nnc2n1C[C@H](N[C@H](C)C(=O)NCc1cccs1)CC2. The monoisotopic (exact) mass is 347 g/mol. The zero-order chi connectivity index (χ0) is 17.1. The molecule has 1 amide bonds. The molecule has 0 spiro atoms. The molecule has 7 heteroatoms. The smallest absolute Gasteiger partial charge is 0.237 e. The van der Waals surface area contributed by atoms with E-state index in [9.17, 15) is 4.79 Å². The maximum absolute atomic E-state index is 12.3. The zero-order valence-electron chi connectivity index (χ0n) is 14.5. The first-order valence-electron chi connectivity index (χ1n) is 8.52. The number of aromatic nitrogens is 3. The van der Waals surface area contributed by atoms with Crippen LogP contribution < -0.4 is 10.6 Å². The molecule has 0 aliphatic carbocycles. The van der Waals surface area contributed by atoms with Crippen LogP contribution in [0.25, 0.3) is 0 Å². The van der Waals surface area contributed by atoms with E-state index >= 15 is 0 Å². The van der Waals surface area contributed by atoms with Gasteiger partial charge in [-0.2, -0.15) is 0 Å². The number of hydrogen-bond acceptors (Lipinski definition) is 5. The molecule has 130 valence electrons. The third-order valence-electron chi connectivity index (χ3n) is 4.39. The van der Waals surface area contributed by atoms with Crippen LogP contribution in [0.4, 0.5) is 0 Å². The second-order valence-electron chi connectivity index (χ2n) is 6.66. The van der Waals surface area contributed by atoms with Gasteiger partial charge >= 0.3 is 0 Å². The number of thiophene rings is 1. The summed E-state index contributed by atoms with van der Waals surface area (Å²) >= 11 is 1.66. The molecule has 2 aromatic rings. The first-order valence-corrected chi connectivity index (χ1v) is 9.40. The highest BCUT2D eigenvalue weighted by molar-refractivity contribution is 7.09. The van der Waals surface area contributed by atoms with Gasteiger partial charge in [0.15, 0.2) is 0 Å². The molecule has 3 heterocycles. The van der Waals surface area contributed by atoms with E-state index in [0.717, 1.165) is 31.0 Å². The lowest BCUT2D eigenvalue weighted by atomic mass is 10.0. The topological polar surface area (TPSA) is 71.8 Å². The van der Waals surface area contributed by atoms with Gasteiger partial charge in [-0.1, -0.05) is 19.9 Å². The van der Waals surface area contributed by atoms with E-state index in [2.05, 4.69) is 39.2 Å². The van der Waals surface area contributed by atoms with Gasteiger partial charge in [-0.25, -0.2) is 0 Å². The van der Waals surface area contributed by atoms with Crippen molar-refractivity contribution >= 4 is 17.2 Å². The summed E-state index contributed by atoms with van der Waals surface area (Å²) in [5, 5.41) is 17.1. The van der Waals surface area contributed by atoms with Crippen LogP contribution in [0.15, 0.2) is 17.5 Å². The molecule has 0 saturated carbocycles. The van der Waals surface area contributed by atoms with Gasteiger partial charge in [0.25, 0.3) is 0 Å². The second kappa shape index (κ2) is 7.44. The normalized spacial score (nSPS) is 18.4. The van der Waals surface area contributed by atoms with Crippen LogP contribution in [0.5, 0.6) is 0 Å². The van der Waals surface area contributed by atoms with Gasteiger partial charge in [0, 0.05) is 29.8 Å². The Morgan fingerprint density at radius 3 is 2.96 bits per heavy atom. The molecule has 6 nitrogen and oxygen atoms in total. The average Bonchev–Trinajstić information content (AvgIpc) is 3.21. The van der Waals surface area contributed by atoms with E-state index in [0.29, 0.717) is 12.5 Å². The Morgan fingerprint density at radius 2 is 2.25 bits per heavy atom. The number of carbonyl (C=O) groups excluding carboxylic acids is 1. The molecular formula is C17H25N5OS. The Bertz CT molecular complexity index is 679. The van der Waals surface area contributed by atoms with Crippen LogP contribution >= 0.6 is 11.3 Å². The quantitative estimate of drug-likeness (QED) is 0.839. The van der Waals surface area contributed by atoms with Crippen molar-refractivity contribution in [2.45, 2.75) is 64.7 Å². The van der Waals surface area contributed by atoms with E-state index in [1.54, 1.807) is 11.3 Å². The van der Waals surface area contributed by atoms with Gasteiger partial charge in [-0.15, -0.1) is 21.5 Å². The molecule has 24 heavy (non-hydrogen) atoms. The summed E-state index contributed by atoms with van der Waals surface area (Å²) < 4.78 is 2.21. The molecule has 1 aliphatic rings. The molecule has 0 unspecified atom stereocenters. The molecular weight excluding hydrogens is 322 g/mol. The standard InChI is InChI=1S/C17H25N5OS/c1-11(2)16-21-20-15-7-6-13(10-22(15)16)19-12(3)17(23)18-9-14-5-4-8-24-14/h4-5,8,11-13,19H,6-7,9-10H2,1-3H3,(H,18,23)/t12-,13-/m1/s1. The summed E-state index contributed by atoms with van der Waals surface area (Å²) in [6.07, 6.45) is 1.89. The Hall–Kier alpha value is -1.73.